The van der Waals surface area contributed by atoms with Crippen LogP contribution in [0, 0.1) is 0 Å². The minimum Gasteiger partial charge on any atom is -0.313 e. The molecule has 2 aromatic heterocycles. The number of hydrogen-bond acceptors (Lipinski definition) is 1. The number of para-hydroxylation sites is 1. The van der Waals surface area contributed by atoms with Crippen molar-refractivity contribution in [3.63, 3.8) is 0 Å². The first-order chi connectivity index (χ1) is 30.3. The highest BCUT2D eigenvalue weighted by Gasteiger charge is 2.27. The van der Waals surface area contributed by atoms with Crippen molar-refractivity contribution in [1.82, 2.24) is 14.1 Å². The average Bonchev–Trinajstić information content (AvgIpc) is 3.49. The van der Waals surface area contributed by atoms with E-state index in [2.05, 4.69) is 222 Å². The zero-order valence-corrected chi connectivity index (χ0v) is 33.7. The lowest BCUT2D eigenvalue weighted by molar-refractivity contribution is 0.987. The van der Waals surface area contributed by atoms with Crippen molar-refractivity contribution in [1.29, 1.82) is 0 Å². The van der Waals surface area contributed by atoms with Crippen LogP contribution in [-0.2, 0) is 6.42 Å². The van der Waals surface area contributed by atoms with E-state index in [-0.39, 0.29) is 0 Å². The van der Waals surface area contributed by atoms with E-state index in [1.807, 2.05) is 0 Å². The summed E-state index contributed by atoms with van der Waals surface area (Å²) in [4.78, 5) is 5.84. The molecule has 0 saturated heterocycles. The van der Waals surface area contributed by atoms with Gasteiger partial charge in [-0.1, -0.05) is 170 Å². The summed E-state index contributed by atoms with van der Waals surface area (Å²) in [5.41, 5.74) is 15.2. The van der Waals surface area contributed by atoms with Crippen LogP contribution in [0.3, 0.4) is 0 Å². The van der Waals surface area contributed by atoms with Crippen LogP contribution in [0.2, 0.25) is 0 Å². The number of aromatic nitrogens is 3. The van der Waals surface area contributed by atoms with Crippen molar-refractivity contribution >= 4 is 72.8 Å². The van der Waals surface area contributed by atoms with E-state index < -0.39 is 0 Å². The second-order valence-electron chi connectivity index (χ2n) is 16.1. The van der Waals surface area contributed by atoms with Gasteiger partial charge in [0.1, 0.15) is 5.82 Å². The van der Waals surface area contributed by atoms with E-state index >= 15 is 0 Å². The standard InChI is InChI=1S/C58H41N3/c1-4-22-46(23-5-1)61-57-55(45-34-32-40-18-11-13-20-43(40)38-45)51-28-15-14-27-50(51)54(44-33-31-39-17-10-12-19-42(39)37-44)56(57)59-58(61)41-21-16-24-47(36-35-41)60-52-29-8-2-6-25-48(52)49-26-7-3-9-30-53(49)60/h1-2,4-15,17-28,30-38H,3,16,29H2. The van der Waals surface area contributed by atoms with E-state index in [4.69, 9.17) is 4.98 Å². The maximum absolute atomic E-state index is 5.84. The molecule has 0 unspecified atom stereocenters. The molecule has 0 radical (unpaired) electrons. The van der Waals surface area contributed by atoms with Crippen LogP contribution in [0.4, 0.5) is 0 Å². The SMILES string of the molecule is C1=CCc2c(c3c(n2C2=CCC=C(c4nc5c(-c6ccc7ccccc7c6)c6ccccc6c(-c6ccc7ccccc7c6)c5n4-c4ccccc4)C=C2)C=CCC=C3)C=C1. The summed E-state index contributed by atoms with van der Waals surface area (Å²) in [6.07, 6.45) is 29.9. The van der Waals surface area contributed by atoms with Gasteiger partial charge in [-0.3, -0.25) is 4.57 Å². The lowest BCUT2D eigenvalue weighted by atomic mass is 9.89. The molecular formula is C58H41N3. The van der Waals surface area contributed by atoms with Crippen LogP contribution < -0.4 is 0 Å². The zero-order valence-electron chi connectivity index (χ0n) is 33.7. The lowest BCUT2D eigenvalue weighted by Gasteiger charge is -2.18. The summed E-state index contributed by atoms with van der Waals surface area (Å²) in [6.45, 7) is 0. The topological polar surface area (TPSA) is 22.8 Å². The van der Waals surface area contributed by atoms with Crippen LogP contribution in [-0.4, -0.2) is 14.1 Å². The maximum atomic E-state index is 5.84. The molecule has 288 valence electrons. The van der Waals surface area contributed by atoms with E-state index in [0.29, 0.717) is 0 Å². The Labute approximate surface area is 355 Å². The Balaban J connectivity index is 1.14. The third kappa shape index (κ3) is 5.84. The van der Waals surface area contributed by atoms with Crippen LogP contribution in [0.25, 0.3) is 101 Å². The molecule has 12 rings (SSSR count). The summed E-state index contributed by atoms with van der Waals surface area (Å²) >= 11 is 0. The van der Waals surface area contributed by atoms with Gasteiger partial charge in [0, 0.05) is 51.3 Å². The molecule has 3 aliphatic rings. The van der Waals surface area contributed by atoms with Crippen LogP contribution in [0.15, 0.2) is 194 Å². The van der Waals surface area contributed by atoms with Crippen molar-refractivity contribution in [3.05, 3.63) is 223 Å². The van der Waals surface area contributed by atoms with Gasteiger partial charge in [-0.2, -0.15) is 0 Å². The van der Waals surface area contributed by atoms with E-state index in [1.54, 1.807) is 0 Å². The zero-order chi connectivity index (χ0) is 40.3. The molecule has 0 aliphatic heterocycles. The molecule has 61 heavy (non-hydrogen) atoms. The summed E-state index contributed by atoms with van der Waals surface area (Å²) in [5.74, 6) is 0.922. The van der Waals surface area contributed by atoms with Gasteiger partial charge < -0.3 is 4.57 Å². The van der Waals surface area contributed by atoms with Crippen molar-refractivity contribution in [3.8, 4) is 27.9 Å². The molecular weight excluding hydrogens is 739 g/mol. The molecule has 0 fully saturated rings. The number of rotatable bonds is 5. The predicted octanol–water partition coefficient (Wildman–Crippen LogP) is 15.1. The Bertz CT molecular complexity index is 3480. The van der Waals surface area contributed by atoms with Gasteiger partial charge in [0.05, 0.1) is 16.7 Å². The number of nitrogens with zero attached hydrogens (tertiary/aromatic N) is 3. The van der Waals surface area contributed by atoms with Crippen LogP contribution in [0.1, 0.15) is 41.2 Å². The van der Waals surface area contributed by atoms with Gasteiger partial charge in [-0.15, -0.1) is 0 Å². The molecule has 0 saturated carbocycles. The number of hydrogen-bond donors (Lipinski definition) is 0. The van der Waals surface area contributed by atoms with Crippen LogP contribution in [0.5, 0.6) is 0 Å². The van der Waals surface area contributed by atoms with Crippen molar-refractivity contribution < 1.29 is 0 Å². The second kappa shape index (κ2) is 14.5. The summed E-state index contributed by atoms with van der Waals surface area (Å²) < 4.78 is 4.90. The highest BCUT2D eigenvalue weighted by molar-refractivity contribution is 6.21. The largest absolute Gasteiger partial charge is 0.313 e. The van der Waals surface area contributed by atoms with Crippen molar-refractivity contribution in [2.24, 2.45) is 0 Å². The highest BCUT2D eigenvalue weighted by Crippen LogP contribution is 2.47. The third-order valence-corrected chi connectivity index (χ3v) is 12.6. The van der Waals surface area contributed by atoms with Crippen molar-refractivity contribution in [2.75, 3.05) is 0 Å². The lowest BCUT2D eigenvalue weighted by Crippen LogP contribution is -2.03. The predicted molar refractivity (Wildman–Crippen MR) is 259 cm³/mol. The normalized spacial score (nSPS) is 14.6. The Kier molecular flexibility index (Phi) is 8.38. The Morgan fingerprint density at radius 1 is 0.475 bits per heavy atom. The minimum absolute atomic E-state index is 0.764. The summed E-state index contributed by atoms with van der Waals surface area (Å²) in [7, 11) is 0. The fraction of sp³-hybridized carbons (Fsp3) is 0.0517. The second-order valence-corrected chi connectivity index (χ2v) is 16.1. The van der Waals surface area contributed by atoms with Gasteiger partial charge in [0.15, 0.2) is 0 Å². The maximum Gasteiger partial charge on any atom is 0.145 e. The minimum atomic E-state index is 0.764. The number of allylic oxidation sites excluding steroid dienone is 11. The fourth-order valence-electron chi connectivity index (χ4n) is 9.80. The van der Waals surface area contributed by atoms with E-state index in [1.165, 1.54) is 71.7 Å². The molecule has 3 aliphatic carbocycles. The summed E-state index contributed by atoms with van der Waals surface area (Å²) in [5, 5.41) is 7.26. The van der Waals surface area contributed by atoms with Crippen molar-refractivity contribution in [2.45, 2.75) is 19.3 Å². The van der Waals surface area contributed by atoms with Gasteiger partial charge in [0.25, 0.3) is 0 Å². The quantitative estimate of drug-likeness (QED) is 0.171. The molecule has 0 bridgehead atoms. The Hall–Kier alpha value is -7.75. The number of imidazole rings is 1. The molecule has 7 aromatic carbocycles. The molecule has 2 heterocycles. The average molecular weight is 780 g/mol. The molecule has 0 atom stereocenters. The molecule has 3 heteroatoms. The molecule has 9 aromatic rings. The molecule has 0 N–H and O–H groups in total. The van der Waals surface area contributed by atoms with Crippen LogP contribution >= 0.6 is 0 Å². The third-order valence-electron chi connectivity index (χ3n) is 12.6. The fourth-order valence-corrected chi connectivity index (χ4v) is 9.80. The Morgan fingerprint density at radius 2 is 1.15 bits per heavy atom. The smallest absolute Gasteiger partial charge is 0.145 e. The number of benzene rings is 7. The highest BCUT2D eigenvalue weighted by atomic mass is 15.1. The van der Waals surface area contributed by atoms with Gasteiger partial charge >= 0.3 is 0 Å². The molecule has 0 spiro atoms. The Morgan fingerprint density at radius 3 is 1.92 bits per heavy atom. The molecule has 0 amide bonds. The first-order valence-corrected chi connectivity index (χ1v) is 21.3. The van der Waals surface area contributed by atoms with E-state index in [9.17, 15) is 0 Å². The monoisotopic (exact) mass is 779 g/mol. The van der Waals surface area contributed by atoms with Gasteiger partial charge in [0.2, 0.25) is 0 Å². The van der Waals surface area contributed by atoms with E-state index in [0.717, 1.165) is 58.5 Å². The first kappa shape index (κ1) is 35.2. The van der Waals surface area contributed by atoms with Gasteiger partial charge in [-0.05, 0) is 98.8 Å². The number of fused-ring (bicyclic) bond motifs is 7. The summed E-state index contributed by atoms with van der Waals surface area (Å²) in [6, 6.07) is 50.8. The van der Waals surface area contributed by atoms with Gasteiger partial charge in [-0.25, -0.2) is 4.98 Å². The molecule has 3 nitrogen and oxygen atoms in total. The first-order valence-electron chi connectivity index (χ1n) is 21.3.